The Hall–Kier alpha value is -2.75. The monoisotopic (exact) mass is 294 g/mol. The van der Waals surface area contributed by atoms with Crippen molar-refractivity contribution in [2.75, 3.05) is 12.4 Å². The van der Waals surface area contributed by atoms with Crippen molar-refractivity contribution in [3.63, 3.8) is 0 Å². The minimum Gasteiger partial charge on any atom is -0.497 e. The van der Waals surface area contributed by atoms with E-state index in [0.717, 1.165) is 27.9 Å². The standard InChI is InChI=1S/C18H18N2O2/c1-12-5-3-8-16-18(12)13(11-19-16)9-17(21)20-14-6-4-7-15(10-14)22-2/h3-8,10-11,19H,9H2,1-2H3,(H,20,21). The van der Waals surface area contributed by atoms with Crippen molar-refractivity contribution in [2.45, 2.75) is 13.3 Å². The first kappa shape index (κ1) is 14.2. The van der Waals surface area contributed by atoms with Gasteiger partial charge in [0.25, 0.3) is 0 Å². The second kappa shape index (κ2) is 5.93. The van der Waals surface area contributed by atoms with Crippen molar-refractivity contribution in [2.24, 2.45) is 0 Å². The van der Waals surface area contributed by atoms with Crippen molar-refractivity contribution in [3.8, 4) is 5.75 Å². The number of benzene rings is 2. The van der Waals surface area contributed by atoms with E-state index in [1.54, 1.807) is 13.2 Å². The lowest BCUT2D eigenvalue weighted by atomic mass is 10.1. The average molecular weight is 294 g/mol. The fourth-order valence-corrected chi connectivity index (χ4v) is 2.67. The highest BCUT2D eigenvalue weighted by Gasteiger charge is 2.11. The van der Waals surface area contributed by atoms with Gasteiger partial charge in [-0.2, -0.15) is 0 Å². The Morgan fingerprint density at radius 1 is 1.23 bits per heavy atom. The van der Waals surface area contributed by atoms with E-state index in [0.29, 0.717) is 6.42 Å². The fourth-order valence-electron chi connectivity index (χ4n) is 2.67. The number of amides is 1. The van der Waals surface area contributed by atoms with Gasteiger partial charge in [0.05, 0.1) is 13.5 Å². The predicted molar refractivity (Wildman–Crippen MR) is 88.4 cm³/mol. The second-order valence-corrected chi connectivity index (χ2v) is 5.27. The molecule has 22 heavy (non-hydrogen) atoms. The van der Waals surface area contributed by atoms with E-state index in [2.05, 4.69) is 23.3 Å². The van der Waals surface area contributed by atoms with Crippen molar-refractivity contribution in [1.82, 2.24) is 4.98 Å². The summed E-state index contributed by atoms with van der Waals surface area (Å²) in [6.45, 7) is 2.06. The van der Waals surface area contributed by atoms with Gasteiger partial charge < -0.3 is 15.0 Å². The summed E-state index contributed by atoms with van der Waals surface area (Å²) < 4.78 is 5.16. The molecule has 1 amide bonds. The molecule has 0 saturated carbocycles. The number of rotatable bonds is 4. The number of aromatic nitrogens is 1. The number of aryl methyl sites for hydroxylation is 1. The highest BCUT2D eigenvalue weighted by atomic mass is 16.5. The maximum Gasteiger partial charge on any atom is 0.228 e. The summed E-state index contributed by atoms with van der Waals surface area (Å²) in [5.74, 6) is 0.679. The molecule has 2 aromatic carbocycles. The van der Waals surface area contributed by atoms with Gasteiger partial charge in [-0.05, 0) is 36.2 Å². The Kier molecular flexibility index (Phi) is 3.83. The molecule has 0 saturated heterocycles. The Balaban J connectivity index is 1.78. The lowest BCUT2D eigenvalue weighted by Crippen LogP contribution is -2.14. The molecular formula is C18H18N2O2. The third kappa shape index (κ3) is 2.81. The van der Waals surface area contributed by atoms with Crippen LogP contribution in [0.2, 0.25) is 0 Å². The molecule has 0 spiro atoms. The molecule has 3 aromatic rings. The molecule has 0 atom stereocenters. The second-order valence-electron chi connectivity index (χ2n) is 5.27. The number of nitrogens with one attached hydrogen (secondary N) is 2. The summed E-state index contributed by atoms with van der Waals surface area (Å²) in [6, 6.07) is 13.4. The van der Waals surface area contributed by atoms with E-state index < -0.39 is 0 Å². The molecule has 4 nitrogen and oxygen atoms in total. The largest absolute Gasteiger partial charge is 0.497 e. The van der Waals surface area contributed by atoms with Crippen LogP contribution in [0.5, 0.6) is 5.75 Å². The maximum atomic E-state index is 12.3. The zero-order valence-electron chi connectivity index (χ0n) is 12.6. The zero-order valence-corrected chi connectivity index (χ0v) is 12.6. The first-order valence-electron chi connectivity index (χ1n) is 7.17. The first-order chi connectivity index (χ1) is 10.7. The number of H-pyrrole nitrogens is 1. The number of hydrogen-bond donors (Lipinski definition) is 2. The van der Waals surface area contributed by atoms with Crippen LogP contribution in [0.3, 0.4) is 0 Å². The molecule has 0 aliphatic rings. The van der Waals surface area contributed by atoms with Gasteiger partial charge in [-0.15, -0.1) is 0 Å². The molecule has 4 heteroatoms. The van der Waals surface area contributed by atoms with E-state index >= 15 is 0 Å². The topological polar surface area (TPSA) is 54.1 Å². The summed E-state index contributed by atoms with van der Waals surface area (Å²) in [7, 11) is 1.61. The van der Waals surface area contributed by atoms with Crippen LogP contribution in [0.15, 0.2) is 48.7 Å². The van der Waals surface area contributed by atoms with Crippen LogP contribution in [0, 0.1) is 6.92 Å². The van der Waals surface area contributed by atoms with Gasteiger partial charge in [0, 0.05) is 28.9 Å². The smallest absolute Gasteiger partial charge is 0.228 e. The van der Waals surface area contributed by atoms with Crippen LogP contribution in [-0.2, 0) is 11.2 Å². The van der Waals surface area contributed by atoms with Gasteiger partial charge >= 0.3 is 0 Å². The van der Waals surface area contributed by atoms with Crippen molar-refractivity contribution in [1.29, 1.82) is 0 Å². The molecule has 0 aliphatic heterocycles. The number of hydrogen-bond acceptors (Lipinski definition) is 2. The Labute approximate surface area is 129 Å². The Morgan fingerprint density at radius 2 is 2.05 bits per heavy atom. The van der Waals surface area contributed by atoms with E-state index in [-0.39, 0.29) is 5.91 Å². The molecule has 2 N–H and O–H groups in total. The maximum absolute atomic E-state index is 12.3. The average Bonchev–Trinajstić information content (AvgIpc) is 2.91. The van der Waals surface area contributed by atoms with Crippen molar-refractivity contribution < 1.29 is 9.53 Å². The minimum absolute atomic E-state index is 0.0441. The highest BCUT2D eigenvalue weighted by molar-refractivity contribution is 5.96. The van der Waals surface area contributed by atoms with E-state index in [9.17, 15) is 4.79 Å². The van der Waals surface area contributed by atoms with E-state index in [1.165, 1.54) is 5.56 Å². The number of anilines is 1. The predicted octanol–water partition coefficient (Wildman–Crippen LogP) is 3.67. The van der Waals surface area contributed by atoms with Crippen LogP contribution in [0.25, 0.3) is 10.9 Å². The number of methoxy groups -OCH3 is 1. The number of fused-ring (bicyclic) bond motifs is 1. The SMILES string of the molecule is COc1cccc(NC(=O)Cc2c[nH]c3cccc(C)c23)c1. The first-order valence-corrected chi connectivity index (χ1v) is 7.17. The van der Waals surface area contributed by atoms with Gasteiger partial charge in [-0.25, -0.2) is 0 Å². The van der Waals surface area contributed by atoms with Crippen LogP contribution in [0.1, 0.15) is 11.1 Å². The van der Waals surface area contributed by atoms with E-state index in [4.69, 9.17) is 4.74 Å². The molecule has 1 aromatic heterocycles. The van der Waals surface area contributed by atoms with Crippen LogP contribution < -0.4 is 10.1 Å². The number of ether oxygens (including phenoxy) is 1. The van der Waals surface area contributed by atoms with Gasteiger partial charge in [0.2, 0.25) is 5.91 Å². The number of carbonyl (C=O) groups excluding carboxylic acids is 1. The minimum atomic E-state index is -0.0441. The summed E-state index contributed by atoms with van der Waals surface area (Å²) in [6.07, 6.45) is 2.24. The fraction of sp³-hybridized carbons (Fsp3) is 0.167. The summed E-state index contributed by atoms with van der Waals surface area (Å²) in [4.78, 5) is 15.5. The van der Waals surface area contributed by atoms with E-state index in [1.807, 2.05) is 36.5 Å². The molecule has 0 fully saturated rings. The Morgan fingerprint density at radius 3 is 2.86 bits per heavy atom. The summed E-state index contributed by atoms with van der Waals surface area (Å²) in [5.41, 5.74) is 3.97. The van der Waals surface area contributed by atoms with Crippen molar-refractivity contribution in [3.05, 3.63) is 59.8 Å². The molecule has 0 aliphatic carbocycles. The normalized spacial score (nSPS) is 10.6. The summed E-state index contributed by atoms with van der Waals surface area (Å²) in [5, 5.41) is 4.03. The molecular weight excluding hydrogens is 276 g/mol. The highest BCUT2D eigenvalue weighted by Crippen LogP contribution is 2.23. The molecule has 1 heterocycles. The van der Waals surface area contributed by atoms with Gasteiger partial charge in [0.1, 0.15) is 5.75 Å². The van der Waals surface area contributed by atoms with Crippen LogP contribution in [0.4, 0.5) is 5.69 Å². The number of carbonyl (C=O) groups is 1. The molecule has 112 valence electrons. The van der Waals surface area contributed by atoms with Gasteiger partial charge in [-0.1, -0.05) is 18.2 Å². The lowest BCUT2D eigenvalue weighted by molar-refractivity contribution is -0.115. The van der Waals surface area contributed by atoms with Gasteiger partial charge in [-0.3, -0.25) is 4.79 Å². The molecule has 3 rings (SSSR count). The zero-order chi connectivity index (χ0) is 15.5. The number of aromatic amines is 1. The van der Waals surface area contributed by atoms with Gasteiger partial charge in [0.15, 0.2) is 0 Å². The summed E-state index contributed by atoms with van der Waals surface area (Å²) >= 11 is 0. The van der Waals surface area contributed by atoms with Crippen LogP contribution in [-0.4, -0.2) is 18.0 Å². The third-order valence-corrected chi connectivity index (χ3v) is 3.70. The molecule has 0 unspecified atom stereocenters. The van der Waals surface area contributed by atoms with Crippen LogP contribution >= 0.6 is 0 Å². The molecule has 0 bridgehead atoms. The van der Waals surface area contributed by atoms with Crippen molar-refractivity contribution >= 4 is 22.5 Å². The third-order valence-electron chi connectivity index (χ3n) is 3.70. The Bertz CT molecular complexity index is 821. The quantitative estimate of drug-likeness (QED) is 0.771. The lowest BCUT2D eigenvalue weighted by Gasteiger charge is -2.07. The molecule has 0 radical (unpaired) electrons.